The minimum atomic E-state index is 0.774. The Hall–Kier alpha value is -0.410. The summed E-state index contributed by atoms with van der Waals surface area (Å²) in [5.74, 6) is 0.774. The van der Waals surface area contributed by atoms with Crippen LogP contribution in [0.2, 0.25) is 0 Å². The van der Waals surface area contributed by atoms with Gasteiger partial charge in [0.05, 0.1) is 5.51 Å². The molecular formula is C10H18N2S. The van der Waals surface area contributed by atoms with Crippen molar-refractivity contribution in [3.63, 3.8) is 0 Å². The SMILES string of the molecule is CCCC(CNC)Cc1cncs1. The highest BCUT2D eigenvalue weighted by molar-refractivity contribution is 7.09. The predicted molar refractivity (Wildman–Crippen MR) is 58.1 cm³/mol. The van der Waals surface area contributed by atoms with Gasteiger partial charge in [-0.15, -0.1) is 11.3 Å². The number of hydrogen-bond donors (Lipinski definition) is 1. The summed E-state index contributed by atoms with van der Waals surface area (Å²) in [4.78, 5) is 5.50. The van der Waals surface area contributed by atoms with Gasteiger partial charge in [-0.3, -0.25) is 4.98 Å². The van der Waals surface area contributed by atoms with E-state index >= 15 is 0 Å². The van der Waals surface area contributed by atoms with Gasteiger partial charge in [0.1, 0.15) is 0 Å². The Kier molecular flexibility index (Phi) is 5.01. The van der Waals surface area contributed by atoms with Crippen molar-refractivity contribution in [2.45, 2.75) is 26.2 Å². The van der Waals surface area contributed by atoms with Gasteiger partial charge in [-0.05, 0) is 32.4 Å². The molecular weight excluding hydrogens is 180 g/mol. The van der Waals surface area contributed by atoms with E-state index in [1.165, 1.54) is 24.1 Å². The van der Waals surface area contributed by atoms with Crippen LogP contribution < -0.4 is 5.32 Å². The Balaban J connectivity index is 2.37. The summed E-state index contributed by atoms with van der Waals surface area (Å²) in [6.45, 7) is 3.36. The summed E-state index contributed by atoms with van der Waals surface area (Å²) < 4.78 is 0. The van der Waals surface area contributed by atoms with Crippen LogP contribution >= 0.6 is 11.3 Å². The van der Waals surface area contributed by atoms with Crippen molar-refractivity contribution in [1.29, 1.82) is 0 Å². The standard InChI is InChI=1S/C10H18N2S/c1-3-4-9(6-11-2)5-10-7-12-8-13-10/h7-9,11H,3-6H2,1-2H3. The van der Waals surface area contributed by atoms with Crippen molar-refractivity contribution in [3.8, 4) is 0 Å². The molecule has 0 amide bonds. The van der Waals surface area contributed by atoms with Crippen LogP contribution in [0, 0.1) is 5.92 Å². The average Bonchev–Trinajstić information content (AvgIpc) is 2.58. The van der Waals surface area contributed by atoms with Gasteiger partial charge >= 0.3 is 0 Å². The van der Waals surface area contributed by atoms with Crippen molar-refractivity contribution >= 4 is 11.3 Å². The zero-order valence-electron chi connectivity index (χ0n) is 8.42. The van der Waals surface area contributed by atoms with E-state index in [0.717, 1.165) is 12.5 Å². The summed E-state index contributed by atoms with van der Waals surface area (Å²) in [5, 5.41) is 3.25. The molecule has 0 saturated carbocycles. The van der Waals surface area contributed by atoms with Crippen LogP contribution in [0.5, 0.6) is 0 Å². The quantitative estimate of drug-likeness (QED) is 0.759. The van der Waals surface area contributed by atoms with Crippen LogP contribution in [-0.2, 0) is 6.42 Å². The fourth-order valence-electron chi connectivity index (χ4n) is 1.60. The normalized spacial score (nSPS) is 13.1. The zero-order chi connectivity index (χ0) is 9.52. The third-order valence-corrected chi connectivity index (χ3v) is 2.96. The lowest BCUT2D eigenvalue weighted by Crippen LogP contribution is -2.20. The molecule has 13 heavy (non-hydrogen) atoms. The van der Waals surface area contributed by atoms with Crippen molar-refractivity contribution in [2.24, 2.45) is 5.92 Å². The highest BCUT2D eigenvalue weighted by Gasteiger charge is 2.08. The lowest BCUT2D eigenvalue weighted by Gasteiger charge is -2.13. The van der Waals surface area contributed by atoms with Crippen LogP contribution in [0.4, 0.5) is 0 Å². The van der Waals surface area contributed by atoms with Crippen LogP contribution in [-0.4, -0.2) is 18.6 Å². The van der Waals surface area contributed by atoms with Gasteiger partial charge in [-0.2, -0.15) is 0 Å². The Bertz CT molecular complexity index is 203. The molecule has 2 nitrogen and oxygen atoms in total. The number of rotatable bonds is 6. The zero-order valence-corrected chi connectivity index (χ0v) is 9.23. The number of aromatic nitrogens is 1. The lowest BCUT2D eigenvalue weighted by molar-refractivity contribution is 0.458. The minimum absolute atomic E-state index is 0.774. The van der Waals surface area contributed by atoms with E-state index in [1.54, 1.807) is 11.3 Å². The molecule has 0 bridgehead atoms. The number of nitrogens with one attached hydrogen (secondary N) is 1. The maximum Gasteiger partial charge on any atom is 0.0794 e. The molecule has 0 fully saturated rings. The highest BCUT2D eigenvalue weighted by atomic mass is 32.1. The van der Waals surface area contributed by atoms with Gasteiger partial charge in [0.25, 0.3) is 0 Å². The molecule has 1 aromatic heterocycles. The van der Waals surface area contributed by atoms with Gasteiger partial charge in [0, 0.05) is 11.1 Å². The van der Waals surface area contributed by atoms with E-state index in [0.29, 0.717) is 0 Å². The van der Waals surface area contributed by atoms with E-state index in [-0.39, 0.29) is 0 Å². The molecule has 0 aromatic carbocycles. The van der Waals surface area contributed by atoms with Gasteiger partial charge in [-0.25, -0.2) is 0 Å². The summed E-state index contributed by atoms with van der Waals surface area (Å²) in [5.41, 5.74) is 1.91. The molecule has 0 saturated heterocycles. The summed E-state index contributed by atoms with van der Waals surface area (Å²) in [6, 6.07) is 0. The van der Waals surface area contributed by atoms with Gasteiger partial charge < -0.3 is 5.32 Å². The fourth-order valence-corrected chi connectivity index (χ4v) is 2.31. The summed E-state index contributed by atoms with van der Waals surface area (Å²) in [6.07, 6.45) is 5.74. The largest absolute Gasteiger partial charge is 0.319 e. The minimum Gasteiger partial charge on any atom is -0.319 e. The molecule has 1 atom stereocenters. The summed E-state index contributed by atoms with van der Waals surface area (Å²) >= 11 is 1.76. The first-order valence-corrected chi connectivity index (χ1v) is 5.76. The predicted octanol–water partition coefficient (Wildman–Crippen LogP) is 2.32. The average molecular weight is 198 g/mol. The summed E-state index contributed by atoms with van der Waals surface area (Å²) in [7, 11) is 2.02. The van der Waals surface area contributed by atoms with E-state index in [2.05, 4.69) is 17.2 Å². The second-order valence-corrected chi connectivity index (χ2v) is 4.36. The van der Waals surface area contributed by atoms with Crippen LogP contribution in [0.25, 0.3) is 0 Å². The third kappa shape index (κ3) is 3.87. The molecule has 0 radical (unpaired) electrons. The first-order valence-electron chi connectivity index (χ1n) is 4.88. The Morgan fingerprint density at radius 3 is 3.00 bits per heavy atom. The smallest absolute Gasteiger partial charge is 0.0794 e. The Morgan fingerprint density at radius 2 is 2.46 bits per heavy atom. The number of hydrogen-bond acceptors (Lipinski definition) is 3. The topological polar surface area (TPSA) is 24.9 Å². The second-order valence-electron chi connectivity index (χ2n) is 3.38. The third-order valence-electron chi connectivity index (χ3n) is 2.16. The van der Waals surface area contributed by atoms with E-state index in [4.69, 9.17) is 0 Å². The second kappa shape index (κ2) is 6.11. The molecule has 1 unspecified atom stereocenters. The first kappa shape index (κ1) is 10.7. The van der Waals surface area contributed by atoms with E-state index < -0.39 is 0 Å². The lowest BCUT2D eigenvalue weighted by atomic mass is 9.99. The molecule has 3 heteroatoms. The van der Waals surface area contributed by atoms with Gasteiger partial charge in [-0.1, -0.05) is 13.3 Å². The maximum atomic E-state index is 4.09. The van der Waals surface area contributed by atoms with Crippen LogP contribution in [0.15, 0.2) is 11.7 Å². The Morgan fingerprint density at radius 1 is 1.62 bits per heavy atom. The molecule has 0 spiro atoms. The molecule has 74 valence electrons. The van der Waals surface area contributed by atoms with E-state index in [1.807, 2.05) is 18.8 Å². The van der Waals surface area contributed by atoms with Crippen LogP contribution in [0.1, 0.15) is 24.6 Å². The number of thiazole rings is 1. The highest BCUT2D eigenvalue weighted by Crippen LogP contribution is 2.16. The maximum absolute atomic E-state index is 4.09. The molecule has 1 heterocycles. The van der Waals surface area contributed by atoms with E-state index in [9.17, 15) is 0 Å². The van der Waals surface area contributed by atoms with Crippen molar-refractivity contribution < 1.29 is 0 Å². The van der Waals surface area contributed by atoms with Gasteiger partial charge in [0.15, 0.2) is 0 Å². The van der Waals surface area contributed by atoms with Crippen molar-refractivity contribution in [1.82, 2.24) is 10.3 Å². The Labute approximate surface area is 84.4 Å². The molecule has 1 aromatic rings. The molecule has 0 aliphatic heterocycles. The van der Waals surface area contributed by atoms with Gasteiger partial charge in [0.2, 0.25) is 0 Å². The molecule has 0 aliphatic carbocycles. The van der Waals surface area contributed by atoms with Crippen molar-refractivity contribution in [2.75, 3.05) is 13.6 Å². The molecule has 1 rings (SSSR count). The number of nitrogens with zero attached hydrogens (tertiary/aromatic N) is 1. The molecule has 1 N–H and O–H groups in total. The molecule has 0 aliphatic rings. The van der Waals surface area contributed by atoms with Crippen LogP contribution in [0.3, 0.4) is 0 Å². The van der Waals surface area contributed by atoms with Crippen molar-refractivity contribution in [3.05, 3.63) is 16.6 Å². The first-order chi connectivity index (χ1) is 6.36. The fraction of sp³-hybridized carbons (Fsp3) is 0.700. The monoisotopic (exact) mass is 198 g/mol.